The number of carbonyl (C=O) groups is 1. The van der Waals surface area contributed by atoms with E-state index in [-0.39, 0.29) is 5.91 Å². The van der Waals surface area contributed by atoms with Crippen molar-refractivity contribution < 1.29 is 4.79 Å². The summed E-state index contributed by atoms with van der Waals surface area (Å²) in [5, 5.41) is 6.12. The van der Waals surface area contributed by atoms with Gasteiger partial charge >= 0.3 is 0 Å². The van der Waals surface area contributed by atoms with E-state index in [1.54, 1.807) is 6.20 Å². The van der Waals surface area contributed by atoms with Crippen LogP contribution in [-0.4, -0.2) is 29.0 Å². The molecule has 0 unspecified atom stereocenters. The molecule has 5 nitrogen and oxygen atoms in total. The molecule has 0 radical (unpaired) electrons. The van der Waals surface area contributed by atoms with Crippen molar-refractivity contribution in [2.75, 3.05) is 18.4 Å². The maximum atomic E-state index is 12.0. The fourth-order valence-electron chi connectivity index (χ4n) is 2.26. The number of nitrogens with zero attached hydrogens (tertiary/aromatic N) is 2. The topological polar surface area (TPSA) is 66.9 Å². The Labute approximate surface area is 120 Å². The number of carbonyl (C=O) groups excluding carboxylic acids is 1. The molecule has 1 amide bonds. The minimum absolute atomic E-state index is 0.133. The predicted octanol–water partition coefficient (Wildman–Crippen LogP) is 2.46. The summed E-state index contributed by atoms with van der Waals surface area (Å²) < 4.78 is 0. The highest BCUT2D eigenvalue weighted by molar-refractivity contribution is 5.92. The first-order valence-electron chi connectivity index (χ1n) is 7.41. The van der Waals surface area contributed by atoms with Gasteiger partial charge in [-0.1, -0.05) is 20.8 Å². The summed E-state index contributed by atoms with van der Waals surface area (Å²) in [4.78, 5) is 20.4. The Balaban J connectivity index is 1.86. The van der Waals surface area contributed by atoms with E-state index in [0.717, 1.165) is 19.5 Å². The van der Waals surface area contributed by atoms with Gasteiger partial charge in [-0.2, -0.15) is 0 Å². The number of amides is 1. The van der Waals surface area contributed by atoms with Gasteiger partial charge in [0, 0.05) is 13.1 Å². The minimum Gasteiger partial charge on any atom is -0.369 e. The molecule has 110 valence electrons. The minimum atomic E-state index is -0.133. The highest BCUT2D eigenvalue weighted by Crippen LogP contribution is 2.51. The van der Waals surface area contributed by atoms with E-state index in [4.69, 9.17) is 0 Å². The lowest BCUT2D eigenvalue weighted by Crippen LogP contribution is -2.33. The van der Waals surface area contributed by atoms with Gasteiger partial charge in [0.2, 0.25) is 0 Å². The predicted molar refractivity (Wildman–Crippen MR) is 79.7 cm³/mol. The summed E-state index contributed by atoms with van der Waals surface area (Å²) >= 11 is 0. The monoisotopic (exact) mass is 276 g/mol. The average molecular weight is 276 g/mol. The Hall–Kier alpha value is -1.65. The zero-order chi connectivity index (χ0) is 14.6. The normalized spacial score (nSPS) is 16.0. The van der Waals surface area contributed by atoms with E-state index < -0.39 is 0 Å². The third-order valence-electron chi connectivity index (χ3n) is 4.16. The Bertz CT molecular complexity index is 451. The van der Waals surface area contributed by atoms with Crippen LogP contribution < -0.4 is 10.6 Å². The van der Waals surface area contributed by atoms with Crippen molar-refractivity contribution in [3.05, 3.63) is 18.1 Å². The number of aromatic nitrogens is 2. The van der Waals surface area contributed by atoms with Gasteiger partial charge in [-0.25, -0.2) is 9.97 Å². The van der Waals surface area contributed by atoms with E-state index in [1.807, 2.05) is 0 Å². The second kappa shape index (κ2) is 6.20. The first-order valence-corrected chi connectivity index (χ1v) is 7.41. The molecule has 1 saturated carbocycles. The Morgan fingerprint density at radius 1 is 1.35 bits per heavy atom. The van der Waals surface area contributed by atoms with Crippen molar-refractivity contribution in [2.45, 2.75) is 40.0 Å². The van der Waals surface area contributed by atoms with Gasteiger partial charge in [0.25, 0.3) is 5.91 Å². The molecule has 0 spiro atoms. The van der Waals surface area contributed by atoms with Gasteiger partial charge in [0.15, 0.2) is 0 Å². The number of nitrogens with one attached hydrogen (secondary N) is 2. The molecule has 1 aromatic heterocycles. The van der Waals surface area contributed by atoms with Gasteiger partial charge in [-0.05, 0) is 30.6 Å². The zero-order valence-corrected chi connectivity index (χ0v) is 12.6. The molecule has 1 aliphatic carbocycles. The third-order valence-corrected chi connectivity index (χ3v) is 4.16. The SMILES string of the molecule is CCCNc1cnc(C(=O)NCC2(C(C)C)CC2)cn1. The standard InChI is InChI=1S/C15H24N4O/c1-4-7-16-13-9-17-12(8-18-13)14(20)19-10-15(5-6-15)11(2)3/h8-9,11H,4-7,10H2,1-3H3,(H,16,18)(H,19,20). The summed E-state index contributed by atoms with van der Waals surface area (Å²) in [6, 6.07) is 0. The highest BCUT2D eigenvalue weighted by atomic mass is 16.1. The van der Waals surface area contributed by atoms with Crippen molar-refractivity contribution >= 4 is 11.7 Å². The van der Waals surface area contributed by atoms with E-state index in [2.05, 4.69) is 41.4 Å². The average Bonchev–Trinajstić information content (AvgIpc) is 3.24. The molecule has 0 aliphatic heterocycles. The van der Waals surface area contributed by atoms with Gasteiger partial charge in [-0.3, -0.25) is 4.79 Å². The summed E-state index contributed by atoms with van der Waals surface area (Å²) in [5.41, 5.74) is 0.692. The second-order valence-corrected chi connectivity index (χ2v) is 5.91. The first kappa shape index (κ1) is 14.8. The highest BCUT2D eigenvalue weighted by Gasteiger charge is 2.45. The van der Waals surface area contributed by atoms with E-state index in [0.29, 0.717) is 22.8 Å². The van der Waals surface area contributed by atoms with Crippen LogP contribution in [-0.2, 0) is 0 Å². The molecular formula is C15H24N4O. The van der Waals surface area contributed by atoms with Crippen LogP contribution in [0, 0.1) is 11.3 Å². The Morgan fingerprint density at radius 3 is 2.60 bits per heavy atom. The molecule has 0 aromatic carbocycles. The van der Waals surface area contributed by atoms with Crippen LogP contribution in [0.5, 0.6) is 0 Å². The number of hydrogen-bond donors (Lipinski definition) is 2. The van der Waals surface area contributed by atoms with Gasteiger partial charge in [-0.15, -0.1) is 0 Å². The van der Waals surface area contributed by atoms with Gasteiger partial charge in [0.1, 0.15) is 11.5 Å². The van der Waals surface area contributed by atoms with E-state index >= 15 is 0 Å². The van der Waals surface area contributed by atoms with Gasteiger partial charge in [0.05, 0.1) is 12.4 Å². The molecule has 0 bridgehead atoms. The maximum Gasteiger partial charge on any atom is 0.271 e. The molecule has 1 fully saturated rings. The van der Waals surface area contributed by atoms with Crippen molar-refractivity contribution in [1.82, 2.24) is 15.3 Å². The largest absolute Gasteiger partial charge is 0.369 e. The second-order valence-electron chi connectivity index (χ2n) is 5.91. The molecule has 1 heterocycles. The molecular weight excluding hydrogens is 252 g/mol. The van der Waals surface area contributed by atoms with Crippen molar-refractivity contribution in [3.63, 3.8) is 0 Å². The maximum absolute atomic E-state index is 12.0. The quantitative estimate of drug-likeness (QED) is 0.803. The summed E-state index contributed by atoms with van der Waals surface area (Å²) in [5.74, 6) is 1.19. The summed E-state index contributed by atoms with van der Waals surface area (Å²) in [7, 11) is 0. The molecule has 1 aromatic rings. The fourth-order valence-corrected chi connectivity index (χ4v) is 2.26. The van der Waals surface area contributed by atoms with Crippen molar-refractivity contribution in [1.29, 1.82) is 0 Å². The molecule has 2 rings (SSSR count). The van der Waals surface area contributed by atoms with E-state index in [1.165, 1.54) is 19.0 Å². The number of rotatable bonds is 7. The van der Waals surface area contributed by atoms with Crippen molar-refractivity contribution in [3.8, 4) is 0 Å². The molecule has 2 N–H and O–H groups in total. The van der Waals surface area contributed by atoms with Crippen LogP contribution >= 0.6 is 0 Å². The fraction of sp³-hybridized carbons (Fsp3) is 0.667. The summed E-state index contributed by atoms with van der Waals surface area (Å²) in [6.45, 7) is 8.11. The van der Waals surface area contributed by atoms with Crippen LogP contribution in [0.1, 0.15) is 50.5 Å². The Morgan fingerprint density at radius 2 is 2.10 bits per heavy atom. The summed E-state index contributed by atoms with van der Waals surface area (Å²) in [6.07, 6.45) is 6.58. The van der Waals surface area contributed by atoms with Crippen LogP contribution in [0.25, 0.3) is 0 Å². The smallest absolute Gasteiger partial charge is 0.271 e. The first-order chi connectivity index (χ1) is 9.57. The van der Waals surface area contributed by atoms with E-state index in [9.17, 15) is 4.79 Å². The van der Waals surface area contributed by atoms with Crippen molar-refractivity contribution in [2.24, 2.45) is 11.3 Å². The van der Waals surface area contributed by atoms with Crippen LogP contribution in [0.2, 0.25) is 0 Å². The van der Waals surface area contributed by atoms with Crippen LogP contribution in [0.15, 0.2) is 12.4 Å². The molecule has 20 heavy (non-hydrogen) atoms. The molecule has 0 saturated heterocycles. The third kappa shape index (κ3) is 3.46. The Kier molecular flexibility index (Phi) is 4.57. The lowest BCUT2D eigenvalue weighted by molar-refractivity contribution is 0.0934. The molecule has 1 aliphatic rings. The lowest BCUT2D eigenvalue weighted by atomic mass is 9.92. The molecule has 5 heteroatoms. The van der Waals surface area contributed by atoms with Crippen LogP contribution in [0.3, 0.4) is 0 Å². The lowest BCUT2D eigenvalue weighted by Gasteiger charge is -2.19. The number of hydrogen-bond acceptors (Lipinski definition) is 4. The molecule has 0 atom stereocenters. The van der Waals surface area contributed by atoms with Crippen LogP contribution in [0.4, 0.5) is 5.82 Å². The van der Waals surface area contributed by atoms with Gasteiger partial charge < -0.3 is 10.6 Å². The zero-order valence-electron chi connectivity index (χ0n) is 12.6. The number of anilines is 1.